The van der Waals surface area contributed by atoms with Gasteiger partial charge < -0.3 is 10.1 Å². The highest BCUT2D eigenvalue weighted by Gasteiger charge is 2.28. The number of esters is 1. The minimum atomic E-state index is -0.623. The highest BCUT2D eigenvalue weighted by Crippen LogP contribution is 2.36. The summed E-state index contributed by atoms with van der Waals surface area (Å²) in [5, 5.41) is 2.33. The second-order valence-electron chi connectivity index (χ2n) is 8.00. The number of nitrogens with one attached hydrogen (secondary N) is 1. The Balaban J connectivity index is 3.08. The molecule has 1 N–H and O–H groups in total. The number of hydrogen-bond acceptors (Lipinski definition) is 4. The Morgan fingerprint density at radius 3 is 2.30 bits per heavy atom. The van der Waals surface area contributed by atoms with Crippen LogP contribution in [0.3, 0.4) is 0 Å². The van der Waals surface area contributed by atoms with Crippen molar-refractivity contribution < 1.29 is 18.7 Å². The van der Waals surface area contributed by atoms with E-state index in [1.54, 1.807) is 34.6 Å². The zero-order chi connectivity index (χ0) is 21.0. The van der Waals surface area contributed by atoms with Gasteiger partial charge in [-0.25, -0.2) is 4.39 Å². The van der Waals surface area contributed by atoms with Crippen LogP contribution in [0.25, 0.3) is 0 Å². The Morgan fingerprint density at radius 2 is 1.81 bits per heavy atom. The Morgan fingerprint density at radius 1 is 1.22 bits per heavy atom. The van der Waals surface area contributed by atoms with Crippen molar-refractivity contribution in [3.8, 4) is 0 Å². The summed E-state index contributed by atoms with van der Waals surface area (Å²) in [6, 6.07) is 2.62. The van der Waals surface area contributed by atoms with Gasteiger partial charge in [-0.3, -0.25) is 9.59 Å². The lowest BCUT2D eigenvalue weighted by atomic mass is 9.89. The summed E-state index contributed by atoms with van der Waals surface area (Å²) < 4.78 is 19.7. The molecule has 0 fully saturated rings. The van der Waals surface area contributed by atoms with Crippen LogP contribution in [0.1, 0.15) is 61.3 Å². The number of carbonyl (C=O) groups excluding carboxylic acids is 2. The first-order chi connectivity index (χ1) is 12.3. The van der Waals surface area contributed by atoms with Crippen LogP contribution in [0.2, 0.25) is 5.02 Å². The molecule has 1 rings (SSSR count). The van der Waals surface area contributed by atoms with E-state index in [4.69, 9.17) is 16.3 Å². The van der Waals surface area contributed by atoms with Gasteiger partial charge in [-0.2, -0.15) is 0 Å². The molecule has 7 heteroatoms. The molecule has 0 heterocycles. The number of carbonyl (C=O) groups is 2. The fourth-order valence-corrected chi connectivity index (χ4v) is 3.25. The van der Waals surface area contributed by atoms with E-state index in [1.165, 1.54) is 17.8 Å². The van der Waals surface area contributed by atoms with Gasteiger partial charge in [0.05, 0.1) is 10.7 Å². The summed E-state index contributed by atoms with van der Waals surface area (Å²) in [7, 11) is 0. The smallest absolute Gasteiger partial charge is 0.319 e. The summed E-state index contributed by atoms with van der Waals surface area (Å²) in [6.45, 7) is 12.8. The summed E-state index contributed by atoms with van der Waals surface area (Å²) in [5.74, 6) is -1.25. The standard InChI is InChI=1S/C20H29ClFNO3S/c1-8-15(17(24)26-19(3,4)5)27-16-11-14(13(22)10-12(16)21)23-18(25)20(6,7)9-2/h10-11,15H,8-9H2,1-7H3,(H,23,25). The third kappa shape index (κ3) is 7.00. The van der Waals surface area contributed by atoms with Gasteiger partial charge in [0.1, 0.15) is 16.7 Å². The van der Waals surface area contributed by atoms with Crippen LogP contribution in [0, 0.1) is 11.2 Å². The number of benzene rings is 1. The van der Waals surface area contributed by atoms with Crippen LogP contribution < -0.4 is 5.32 Å². The van der Waals surface area contributed by atoms with Gasteiger partial charge in [0.15, 0.2) is 0 Å². The molecule has 1 atom stereocenters. The molecule has 0 spiro atoms. The zero-order valence-corrected chi connectivity index (χ0v) is 18.6. The van der Waals surface area contributed by atoms with E-state index in [0.29, 0.717) is 17.7 Å². The number of anilines is 1. The van der Waals surface area contributed by atoms with Crippen molar-refractivity contribution in [2.45, 2.75) is 77.1 Å². The number of hydrogen-bond donors (Lipinski definition) is 1. The number of thioether (sulfide) groups is 1. The SMILES string of the molecule is CCC(Sc1cc(NC(=O)C(C)(C)CC)c(F)cc1Cl)C(=O)OC(C)(C)C. The molecular weight excluding hydrogens is 389 g/mol. The van der Waals surface area contributed by atoms with Crippen molar-refractivity contribution in [1.82, 2.24) is 0 Å². The maximum atomic E-state index is 14.3. The van der Waals surface area contributed by atoms with Crippen molar-refractivity contribution >= 4 is 40.9 Å². The molecule has 0 aromatic heterocycles. The van der Waals surface area contributed by atoms with Crippen molar-refractivity contribution in [1.29, 1.82) is 0 Å². The van der Waals surface area contributed by atoms with Crippen molar-refractivity contribution in [2.24, 2.45) is 5.41 Å². The predicted molar refractivity (Wildman–Crippen MR) is 110 cm³/mol. The van der Waals surface area contributed by atoms with Crippen molar-refractivity contribution in [2.75, 3.05) is 5.32 Å². The van der Waals surface area contributed by atoms with Gasteiger partial charge in [-0.1, -0.05) is 39.3 Å². The predicted octanol–water partition coefficient (Wildman–Crippen LogP) is 6.07. The molecule has 0 bridgehead atoms. The average molecular weight is 418 g/mol. The molecule has 0 aliphatic heterocycles. The topological polar surface area (TPSA) is 55.4 Å². The second-order valence-corrected chi connectivity index (χ2v) is 9.65. The van der Waals surface area contributed by atoms with E-state index in [9.17, 15) is 14.0 Å². The Kier molecular flexibility index (Phi) is 8.17. The molecule has 0 saturated heterocycles. The third-order valence-electron chi connectivity index (χ3n) is 4.08. The van der Waals surface area contributed by atoms with Gasteiger partial charge in [-0.05, 0) is 45.7 Å². The Labute approximate surface area is 170 Å². The van der Waals surface area contributed by atoms with Crippen LogP contribution in [0.15, 0.2) is 17.0 Å². The summed E-state index contributed by atoms with van der Waals surface area (Å²) in [6.07, 6.45) is 1.14. The number of rotatable bonds is 7. The van der Waals surface area contributed by atoms with Crippen molar-refractivity contribution in [3.63, 3.8) is 0 Å². The fraction of sp³-hybridized carbons (Fsp3) is 0.600. The highest BCUT2D eigenvalue weighted by molar-refractivity contribution is 8.00. The molecule has 0 saturated carbocycles. The molecule has 152 valence electrons. The second kappa shape index (κ2) is 9.28. The Bertz CT molecular complexity index is 701. The molecule has 1 amide bonds. The van der Waals surface area contributed by atoms with Crippen LogP contribution >= 0.6 is 23.4 Å². The lowest BCUT2D eigenvalue weighted by Gasteiger charge is -2.24. The average Bonchev–Trinajstić information content (AvgIpc) is 2.54. The van der Waals surface area contributed by atoms with Gasteiger partial charge in [0.2, 0.25) is 5.91 Å². The monoisotopic (exact) mass is 417 g/mol. The Hall–Kier alpha value is -1.27. The molecule has 1 aromatic carbocycles. The van der Waals surface area contributed by atoms with Gasteiger partial charge >= 0.3 is 5.97 Å². The quantitative estimate of drug-likeness (QED) is 0.432. The molecule has 1 unspecified atom stereocenters. The van der Waals surface area contributed by atoms with E-state index < -0.39 is 22.1 Å². The number of ether oxygens (including phenoxy) is 1. The van der Waals surface area contributed by atoms with E-state index in [0.717, 1.165) is 6.07 Å². The largest absolute Gasteiger partial charge is 0.459 e. The van der Waals surface area contributed by atoms with Crippen LogP contribution in [-0.2, 0) is 14.3 Å². The first kappa shape index (κ1) is 23.8. The molecule has 0 radical (unpaired) electrons. The highest BCUT2D eigenvalue weighted by atomic mass is 35.5. The molecule has 27 heavy (non-hydrogen) atoms. The molecular formula is C20H29ClFNO3S. The normalized spacial score (nSPS) is 13.2. The summed E-state index contributed by atoms with van der Waals surface area (Å²) in [5.41, 5.74) is -1.17. The fourth-order valence-electron chi connectivity index (χ4n) is 1.99. The number of halogens is 2. The minimum absolute atomic E-state index is 0.0486. The van der Waals surface area contributed by atoms with E-state index in [-0.39, 0.29) is 22.6 Å². The summed E-state index contributed by atoms with van der Waals surface area (Å²) >= 11 is 7.37. The zero-order valence-electron chi connectivity index (χ0n) is 17.0. The van der Waals surface area contributed by atoms with Crippen LogP contribution in [0.5, 0.6) is 0 Å². The molecule has 0 aliphatic carbocycles. The molecule has 4 nitrogen and oxygen atoms in total. The first-order valence-electron chi connectivity index (χ1n) is 9.00. The maximum absolute atomic E-state index is 14.3. The molecule has 0 aliphatic rings. The minimum Gasteiger partial charge on any atom is -0.459 e. The van der Waals surface area contributed by atoms with Gasteiger partial charge in [0.25, 0.3) is 0 Å². The van der Waals surface area contributed by atoms with E-state index in [2.05, 4.69) is 5.32 Å². The third-order valence-corrected chi connectivity index (χ3v) is 5.90. The lowest BCUT2D eigenvalue weighted by Crippen LogP contribution is -2.30. The van der Waals surface area contributed by atoms with E-state index >= 15 is 0 Å². The van der Waals surface area contributed by atoms with Crippen molar-refractivity contribution in [3.05, 3.63) is 23.0 Å². The lowest BCUT2D eigenvalue weighted by molar-refractivity contribution is -0.154. The number of amides is 1. The maximum Gasteiger partial charge on any atom is 0.319 e. The first-order valence-corrected chi connectivity index (χ1v) is 10.3. The van der Waals surface area contributed by atoms with Crippen LogP contribution in [0.4, 0.5) is 10.1 Å². The van der Waals surface area contributed by atoms with Gasteiger partial charge in [-0.15, -0.1) is 11.8 Å². The van der Waals surface area contributed by atoms with E-state index in [1.807, 2.05) is 13.8 Å². The summed E-state index contributed by atoms with van der Waals surface area (Å²) in [4.78, 5) is 25.3. The molecule has 1 aromatic rings. The van der Waals surface area contributed by atoms with Crippen LogP contribution in [-0.4, -0.2) is 22.7 Å². The van der Waals surface area contributed by atoms with Gasteiger partial charge in [0, 0.05) is 10.3 Å².